The van der Waals surface area contributed by atoms with Gasteiger partial charge in [-0.15, -0.1) is 0 Å². The predicted octanol–water partition coefficient (Wildman–Crippen LogP) is 2.32. The number of rotatable bonds is 4. The van der Waals surface area contributed by atoms with E-state index >= 15 is 0 Å². The van der Waals surface area contributed by atoms with Gasteiger partial charge in [0.1, 0.15) is 0 Å². The fourth-order valence-corrected chi connectivity index (χ4v) is 3.24. The summed E-state index contributed by atoms with van der Waals surface area (Å²) in [5.41, 5.74) is 0. The quantitative estimate of drug-likeness (QED) is 0.806. The zero-order valence-corrected chi connectivity index (χ0v) is 11.7. The van der Waals surface area contributed by atoms with Crippen LogP contribution in [0.1, 0.15) is 51.9 Å². The van der Waals surface area contributed by atoms with Crippen LogP contribution >= 0.6 is 0 Å². The van der Waals surface area contributed by atoms with Crippen LogP contribution in [-0.2, 0) is 4.79 Å². The van der Waals surface area contributed by atoms with Gasteiger partial charge >= 0.3 is 0 Å². The third-order valence-corrected chi connectivity index (χ3v) is 4.65. The van der Waals surface area contributed by atoms with Gasteiger partial charge in [-0.1, -0.05) is 32.6 Å². The van der Waals surface area contributed by atoms with Crippen molar-refractivity contribution in [3.63, 3.8) is 0 Å². The molecule has 0 aromatic rings. The van der Waals surface area contributed by atoms with Gasteiger partial charge in [0, 0.05) is 13.1 Å². The molecule has 0 aromatic carbocycles. The van der Waals surface area contributed by atoms with E-state index in [2.05, 4.69) is 17.6 Å². The summed E-state index contributed by atoms with van der Waals surface area (Å²) in [4.78, 5) is 11.9. The molecule has 18 heavy (non-hydrogen) atoms. The smallest absolute Gasteiger partial charge is 0.224 e. The molecule has 2 rings (SSSR count). The molecule has 104 valence electrons. The van der Waals surface area contributed by atoms with Gasteiger partial charge in [-0.2, -0.15) is 0 Å². The average molecular weight is 252 g/mol. The van der Waals surface area contributed by atoms with Gasteiger partial charge in [0.15, 0.2) is 0 Å². The van der Waals surface area contributed by atoms with Crippen molar-refractivity contribution < 1.29 is 4.79 Å². The molecule has 3 heteroatoms. The molecule has 3 nitrogen and oxygen atoms in total. The van der Waals surface area contributed by atoms with Crippen LogP contribution in [0.25, 0.3) is 0 Å². The van der Waals surface area contributed by atoms with Crippen molar-refractivity contribution in [1.82, 2.24) is 10.6 Å². The van der Waals surface area contributed by atoms with E-state index in [1.54, 1.807) is 0 Å². The Kier molecular flexibility index (Phi) is 5.48. The maximum Gasteiger partial charge on any atom is 0.224 e. The van der Waals surface area contributed by atoms with E-state index in [4.69, 9.17) is 0 Å². The Morgan fingerprint density at radius 2 is 2.00 bits per heavy atom. The largest absolute Gasteiger partial charge is 0.356 e. The number of hydrogen-bond donors (Lipinski definition) is 2. The predicted molar refractivity (Wildman–Crippen MR) is 74.3 cm³/mol. The SMILES string of the molecule is CC1CCC(CCNC(=O)C2CCCNC2)CC1. The molecule has 1 aliphatic heterocycles. The highest BCUT2D eigenvalue weighted by Gasteiger charge is 2.21. The summed E-state index contributed by atoms with van der Waals surface area (Å²) in [5.74, 6) is 2.26. The van der Waals surface area contributed by atoms with Crippen LogP contribution in [0.15, 0.2) is 0 Å². The Morgan fingerprint density at radius 1 is 1.22 bits per heavy atom. The summed E-state index contributed by atoms with van der Waals surface area (Å²) in [6.07, 6.45) is 8.86. The molecule has 1 aliphatic carbocycles. The van der Waals surface area contributed by atoms with E-state index in [-0.39, 0.29) is 11.8 Å². The van der Waals surface area contributed by atoms with Gasteiger partial charge < -0.3 is 10.6 Å². The first-order chi connectivity index (χ1) is 8.75. The topological polar surface area (TPSA) is 41.1 Å². The Labute approximate surface area is 111 Å². The molecular weight excluding hydrogens is 224 g/mol. The lowest BCUT2D eigenvalue weighted by Crippen LogP contribution is -2.41. The van der Waals surface area contributed by atoms with Crippen molar-refractivity contribution in [3.05, 3.63) is 0 Å². The zero-order chi connectivity index (χ0) is 12.8. The van der Waals surface area contributed by atoms with Crippen LogP contribution < -0.4 is 10.6 Å². The van der Waals surface area contributed by atoms with Gasteiger partial charge in [0.05, 0.1) is 5.92 Å². The normalized spacial score (nSPS) is 33.1. The maximum atomic E-state index is 11.9. The van der Waals surface area contributed by atoms with Crippen LogP contribution in [0.3, 0.4) is 0 Å². The standard InChI is InChI=1S/C15H28N2O/c1-12-4-6-13(7-5-12)8-10-17-15(18)14-3-2-9-16-11-14/h12-14,16H,2-11H2,1H3,(H,17,18). The number of hydrogen-bond acceptors (Lipinski definition) is 2. The lowest BCUT2D eigenvalue weighted by molar-refractivity contribution is -0.125. The van der Waals surface area contributed by atoms with Crippen molar-refractivity contribution in [2.24, 2.45) is 17.8 Å². The molecule has 2 aliphatic rings. The van der Waals surface area contributed by atoms with E-state index in [0.29, 0.717) is 0 Å². The lowest BCUT2D eigenvalue weighted by atomic mass is 9.81. The van der Waals surface area contributed by atoms with E-state index in [0.717, 1.165) is 44.3 Å². The Bertz CT molecular complexity index is 253. The van der Waals surface area contributed by atoms with E-state index in [1.807, 2.05) is 0 Å². The highest BCUT2D eigenvalue weighted by molar-refractivity contribution is 5.78. The van der Waals surface area contributed by atoms with Gasteiger partial charge in [-0.05, 0) is 37.6 Å². The highest BCUT2D eigenvalue weighted by Crippen LogP contribution is 2.29. The molecule has 2 N–H and O–H groups in total. The number of nitrogens with one attached hydrogen (secondary N) is 2. The van der Waals surface area contributed by atoms with Gasteiger partial charge in [0.25, 0.3) is 0 Å². The fraction of sp³-hybridized carbons (Fsp3) is 0.933. The van der Waals surface area contributed by atoms with E-state index in [9.17, 15) is 4.79 Å². The Morgan fingerprint density at radius 3 is 2.67 bits per heavy atom. The number of carbonyl (C=O) groups excluding carboxylic acids is 1. The second kappa shape index (κ2) is 7.13. The highest BCUT2D eigenvalue weighted by atomic mass is 16.1. The van der Waals surface area contributed by atoms with Crippen molar-refractivity contribution in [3.8, 4) is 0 Å². The molecule has 0 bridgehead atoms. The van der Waals surface area contributed by atoms with Crippen molar-refractivity contribution >= 4 is 5.91 Å². The second-order valence-electron chi connectivity index (χ2n) is 6.25. The number of carbonyl (C=O) groups is 1. The van der Waals surface area contributed by atoms with Gasteiger partial charge in [-0.25, -0.2) is 0 Å². The first-order valence-corrected chi connectivity index (χ1v) is 7.74. The summed E-state index contributed by atoms with van der Waals surface area (Å²) >= 11 is 0. The molecule has 1 unspecified atom stereocenters. The number of amides is 1. The van der Waals surface area contributed by atoms with Crippen LogP contribution in [-0.4, -0.2) is 25.5 Å². The minimum atomic E-state index is 0.213. The zero-order valence-electron chi connectivity index (χ0n) is 11.7. The molecule has 0 radical (unpaired) electrons. The molecule has 2 fully saturated rings. The van der Waals surface area contributed by atoms with Crippen LogP contribution in [0.2, 0.25) is 0 Å². The third kappa shape index (κ3) is 4.27. The minimum absolute atomic E-state index is 0.213. The average Bonchev–Trinajstić information content (AvgIpc) is 2.42. The molecule has 0 spiro atoms. The molecule has 0 aromatic heterocycles. The fourth-order valence-electron chi connectivity index (χ4n) is 3.24. The van der Waals surface area contributed by atoms with Crippen LogP contribution in [0.5, 0.6) is 0 Å². The first kappa shape index (κ1) is 13.9. The van der Waals surface area contributed by atoms with E-state index in [1.165, 1.54) is 32.1 Å². The minimum Gasteiger partial charge on any atom is -0.356 e. The second-order valence-corrected chi connectivity index (χ2v) is 6.25. The van der Waals surface area contributed by atoms with Gasteiger partial charge in [-0.3, -0.25) is 4.79 Å². The summed E-state index contributed by atoms with van der Waals surface area (Å²) in [6, 6.07) is 0. The van der Waals surface area contributed by atoms with Crippen LogP contribution in [0.4, 0.5) is 0 Å². The molecule has 1 saturated heterocycles. The van der Waals surface area contributed by atoms with Crippen molar-refractivity contribution in [2.45, 2.75) is 51.9 Å². The molecule has 1 heterocycles. The third-order valence-electron chi connectivity index (χ3n) is 4.65. The van der Waals surface area contributed by atoms with E-state index < -0.39 is 0 Å². The molecule has 1 amide bonds. The van der Waals surface area contributed by atoms with Gasteiger partial charge in [0.2, 0.25) is 5.91 Å². The summed E-state index contributed by atoms with van der Waals surface area (Å²) < 4.78 is 0. The number of piperidine rings is 1. The Balaban J connectivity index is 1.58. The maximum absolute atomic E-state index is 11.9. The Hall–Kier alpha value is -0.570. The summed E-state index contributed by atoms with van der Waals surface area (Å²) in [7, 11) is 0. The van der Waals surface area contributed by atoms with Crippen LogP contribution in [0, 0.1) is 17.8 Å². The summed E-state index contributed by atoms with van der Waals surface area (Å²) in [6.45, 7) is 5.18. The monoisotopic (exact) mass is 252 g/mol. The van der Waals surface area contributed by atoms with Crippen molar-refractivity contribution in [1.29, 1.82) is 0 Å². The molecular formula is C15H28N2O. The lowest BCUT2D eigenvalue weighted by Gasteiger charge is -2.26. The first-order valence-electron chi connectivity index (χ1n) is 7.74. The summed E-state index contributed by atoms with van der Waals surface area (Å²) in [5, 5.41) is 6.43. The molecule has 1 saturated carbocycles. The molecule has 1 atom stereocenters. The van der Waals surface area contributed by atoms with Crippen molar-refractivity contribution in [2.75, 3.05) is 19.6 Å².